The topological polar surface area (TPSA) is 84.0 Å². The fourth-order valence-corrected chi connectivity index (χ4v) is 3.75. The smallest absolute Gasteiger partial charge is 0.283 e. The Morgan fingerprint density at radius 3 is 2.78 bits per heavy atom. The third-order valence-corrected chi connectivity index (χ3v) is 4.81. The van der Waals surface area contributed by atoms with Crippen LogP contribution in [0.4, 0.5) is 10.8 Å². The minimum atomic E-state index is -3.74. The van der Waals surface area contributed by atoms with E-state index in [2.05, 4.69) is 35.9 Å². The fraction of sp³-hybridized carbons (Fsp3) is 0.111. The summed E-state index contributed by atoms with van der Waals surface area (Å²) in [6.07, 6.45) is 2.95. The molecule has 0 aliphatic rings. The Balaban J connectivity index is 2.36. The average molecular weight is 349 g/mol. The molecule has 2 aromatic heterocycles. The van der Waals surface area contributed by atoms with E-state index in [1.54, 1.807) is 19.2 Å². The van der Waals surface area contributed by atoms with E-state index in [-0.39, 0.29) is 10.2 Å². The van der Waals surface area contributed by atoms with E-state index in [1.165, 1.54) is 23.7 Å². The van der Waals surface area contributed by atoms with Crippen molar-refractivity contribution >= 4 is 48.1 Å². The zero-order valence-corrected chi connectivity index (χ0v) is 12.4. The first-order valence-electron chi connectivity index (χ1n) is 4.80. The van der Waals surface area contributed by atoms with Gasteiger partial charge in [-0.2, -0.15) is 8.42 Å². The van der Waals surface area contributed by atoms with Gasteiger partial charge in [0.25, 0.3) is 10.0 Å². The SMILES string of the molecule is CNc1cccnc1S(=O)(=O)Nc1ncc(Br)s1. The summed E-state index contributed by atoms with van der Waals surface area (Å²) in [6.45, 7) is 0. The van der Waals surface area contributed by atoms with Gasteiger partial charge in [-0.1, -0.05) is 11.3 Å². The van der Waals surface area contributed by atoms with Crippen LogP contribution < -0.4 is 10.0 Å². The van der Waals surface area contributed by atoms with Crippen molar-refractivity contribution in [3.8, 4) is 0 Å². The first-order chi connectivity index (χ1) is 8.53. The van der Waals surface area contributed by atoms with E-state index >= 15 is 0 Å². The van der Waals surface area contributed by atoms with Gasteiger partial charge in [0.15, 0.2) is 10.2 Å². The molecule has 0 aliphatic carbocycles. The van der Waals surface area contributed by atoms with Gasteiger partial charge in [0.2, 0.25) is 0 Å². The first-order valence-corrected chi connectivity index (χ1v) is 7.89. The van der Waals surface area contributed by atoms with Crippen molar-refractivity contribution in [1.29, 1.82) is 0 Å². The summed E-state index contributed by atoms with van der Waals surface area (Å²) in [4.78, 5) is 7.79. The summed E-state index contributed by atoms with van der Waals surface area (Å²) in [7, 11) is -2.10. The van der Waals surface area contributed by atoms with Gasteiger partial charge in [-0.3, -0.25) is 4.72 Å². The van der Waals surface area contributed by atoms with Gasteiger partial charge in [0, 0.05) is 13.2 Å². The Hall–Kier alpha value is -1.19. The lowest BCUT2D eigenvalue weighted by Crippen LogP contribution is -2.16. The predicted molar refractivity (Wildman–Crippen MR) is 74.4 cm³/mol. The maximum absolute atomic E-state index is 12.1. The molecular weight excluding hydrogens is 340 g/mol. The largest absolute Gasteiger partial charge is 0.386 e. The molecule has 96 valence electrons. The van der Waals surface area contributed by atoms with Crippen LogP contribution in [0.5, 0.6) is 0 Å². The number of thiazole rings is 1. The molecule has 18 heavy (non-hydrogen) atoms. The molecule has 0 fully saturated rings. The van der Waals surface area contributed by atoms with Crippen LogP contribution in [0.1, 0.15) is 0 Å². The maximum atomic E-state index is 12.1. The number of rotatable bonds is 4. The van der Waals surface area contributed by atoms with Crippen molar-refractivity contribution in [1.82, 2.24) is 9.97 Å². The van der Waals surface area contributed by atoms with Crippen LogP contribution >= 0.6 is 27.3 Å². The van der Waals surface area contributed by atoms with Crippen molar-refractivity contribution in [2.24, 2.45) is 0 Å². The van der Waals surface area contributed by atoms with Crippen LogP contribution in [0.2, 0.25) is 0 Å². The number of hydrogen-bond donors (Lipinski definition) is 2. The average Bonchev–Trinajstić information content (AvgIpc) is 2.74. The quantitative estimate of drug-likeness (QED) is 0.884. The highest BCUT2D eigenvalue weighted by Gasteiger charge is 2.20. The van der Waals surface area contributed by atoms with Crippen molar-refractivity contribution in [3.63, 3.8) is 0 Å². The van der Waals surface area contributed by atoms with Gasteiger partial charge in [-0.25, -0.2) is 9.97 Å². The predicted octanol–water partition coefficient (Wildman–Crippen LogP) is 2.14. The number of nitrogens with one attached hydrogen (secondary N) is 2. The fourth-order valence-electron chi connectivity index (χ4n) is 1.26. The van der Waals surface area contributed by atoms with Gasteiger partial charge < -0.3 is 5.32 Å². The summed E-state index contributed by atoms with van der Waals surface area (Å²) in [6, 6.07) is 3.30. The molecule has 0 unspecified atom stereocenters. The Kier molecular flexibility index (Phi) is 3.83. The van der Waals surface area contributed by atoms with Gasteiger partial charge in [-0.05, 0) is 28.1 Å². The van der Waals surface area contributed by atoms with Gasteiger partial charge in [0.1, 0.15) is 0 Å². The van der Waals surface area contributed by atoms with E-state index in [0.29, 0.717) is 5.69 Å². The van der Waals surface area contributed by atoms with E-state index in [0.717, 1.165) is 3.79 Å². The zero-order valence-electron chi connectivity index (χ0n) is 9.21. The lowest BCUT2D eigenvalue weighted by Gasteiger charge is -2.08. The number of anilines is 2. The van der Waals surface area contributed by atoms with E-state index in [1.807, 2.05) is 0 Å². The molecule has 0 bridgehead atoms. The van der Waals surface area contributed by atoms with Gasteiger partial charge in [-0.15, -0.1) is 0 Å². The number of hydrogen-bond acceptors (Lipinski definition) is 6. The van der Waals surface area contributed by atoms with E-state index in [4.69, 9.17) is 0 Å². The van der Waals surface area contributed by atoms with E-state index in [9.17, 15) is 8.42 Å². The third kappa shape index (κ3) is 2.79. The second kappa shape index (κ2) is 5.21. The van der Waals surface area contributed by atoms with Crippen LogP contribution in [-0.2, 0) is 10.0 Å². The number of aromatic nitrogens is 2. The van der Waals surface area contributed by atoms with Gasteiger partial charge in [0.05, 0.1) is 15.7 Å². The summed E-state index contributed by atoms with van der Waals surface area (Å²) in [5, 5.41) is 3.01. The molecule has 0 spiro atoms. The second-order valence-corrected chi connectivity index (χ2v) is 7.19. The Morgan fingerprint density at radius 2 is 2.17 bits per heavy atom. The Bertz CT molecular complexity index is 656. The molecule has 0 aliphatic heterocycles. The molecule has 0 saturated carbocycles. The molecule has 0 amide bonds. The zero-order chi connectivity index (χ0) is 13.2. The summed E-state index contributed by atoms with van der Waals surface area (Å²) >= 11 is 4.41. The molecule has 0 saturated heterocycles. The Morgan fingerprint density at radius 1 is 1.39 bits per heavy atom. The lowest BCUT2D eigenvalue weighted by molar-refractivity contribution is 0.598. The van der Waals surface area contributed by atoms with E-state index < -0.39 is 10.0 Å². The van der Waals surface area contributed by atoms with Crippen molar-refractivity contribution in [2.45, 2.75) is 5.03 Å². The second-order valence-electron chi connectivity index (χ2n) is 3.18. The molecule has 2 aromatic rings. The van der Waals surface area contributed by atoms with Crippen LogP contribution in [0, 0.1) is 0 Å². The summed E-state index contributed by atoms with van der Waals surface area (Å²) < 4.78 is 27.4. The van der Waals surface area contributed by atoms with Crippen molar-refractivity contribution in [3.05, 3.63) is 28.3 Å². The van der Waals surface area contributed by atoms with Gasteiger partial charge >= 0.3 is 0 Å². The molecule has 2 heterocycles. The minimum absolute atomic E-state index is 0.0566. The lowest BCUT2D eigenvalue weighted by atomic mass is 10.4. The summed E-state index contributed by atoms with van der Waals surface area (Å²) in [5.41, 5.74) is 0.431. The molecule has 2 rings (SSSR count). The van der Waals surface area contributed by atoms with Crippen LogP contribution in [0.15, 0.2) is 33.3 Å². The number of sulfonamides is 1. The van der Waals surface area contributed by atoms with Crippen LogP contribution in [-0.4, -0.2) is 25.4 Å². The highest BCUT2D eigenvalue weighted by atomic mass is 79.9. The van der Waals surface area contributed by atoms with Crippen molar-refractivity contribution < 1.29 is 8.42 Å². The minimum Gasteiger partial charge on any atom is -0.386 e. The number of halogens is 1. The van der Waals surface area contributed by atoms with Crippen LogP contribution in [0.3, 0.4) is 0 Å². The monoisotopic (exact) mass is 348 g/mol. The van der Waals surface area contributed by atoms with Crippen LogP contribution in [0.25, 0.3) is 0 Å². The normalized spacial score (nSPS) is 11.2. The summed E-state index contributed by atoms with van der Waals surface area (Å²) in [5.74, 6) is 0. The first kappa shape index (κ1) is 13.2. The maximum Gasteiger partial charge on any atom is 0.283 e. The highest BCUT2D eigenvalue weighted by Crippen LogP contribution is 2.26. The standard InChI is InChI=1S/C9H9BrN4O2S2/c1-11-6-3-2-4-12-8(6)18(15,16)14-9-13-5-7(10)17-9/h2-5,11H,1H3,(H,13,14). The van der Waals surface area contributed by atoms with Crippen molar-refractivity contribution in [2.75, 3.05) is 17.1 Å². The molecular formula is C9H9BrN4O2S2. The molecule has 0 radical (unpaired) electrons. The third-order valence-electron chi connectivity index (χ3n) is 1.99. The molecule has 2 N–H and O–H groups in total. The molecule has 0 aromatic carbocycles. The molecule has 0 atom stereocenters. The number of pyridine rings is 1. The highest BCUT2D eigenvalue weighted by molar-refractivity contribution is 9.11. The molecule has 6 nitrogen and oxygen atoms in total. The Labute approximate surface area is 117 Å². The molecule has 9 heteroatoms. The number of nitrogens with zero attached hydrogens (tertiary/aromatic N) is 2.